The Bertz CT molecular complexity index is 549. The maximum atomic E-state index is 13.5. The number of halogens is 5. The van der Waals surface area contributed by atoms with Gasteiger partial charge in [-0.15, -0.1) is 0 Å². The Kier molecular flexibility index (Phi) is 4.46. The SMILES string of the molecule is CC1CCCC(C(=O)Nc2c(F)c(F)c(F)c(F)c2F)N1. The van der Waals surface area contributed by atoms with E-state index >= 15 is 0 Å². The second-order valence-electron chi connectivity index (χ2n) is 4.99. The van der Waals surface area contributed by atoms with Crippen molar-refractivity contribution in [1.29, 1.82) is 0 Å². The summed E-state index contributed by atoms with van der Waals surface area (Å²) in [5, 5.41) is 4.68. The van der Waals surface area contributed by atoms with E-state index in [1.54, 1.807) is 5.32 Å². The second-order valence-corrected chi connectivity index (χ2v) is 4.99. The van der Waals surface area contributed by atoms with Crippen LogP contribution in [0.3, 0.4) is 0 Å². The lowest BCUT2D eigenvalue weighted by molar-refractivity contribution is -0.119. The quantitative estimate of drug-likeness (QED) is 0.501. The Hall–Kier alpha value is -1.70. The molecule has 2 rings (SSSR count). The fourth-order valence-corrected chi connectivity index (χ4v) is 2.27. The Labute approximate surface area is 117 Å². The van der Waals surface area contributed by atoms with Crippen LogP contribution in [0.4, 0.5) is 27.6 Å². The van der Waals surface area contributed by atoms with Crippen LogP contribution in [0.2, 0.25) is 0 Å². The van der Waals surface area contributed by atoms with Crippen LogP contribution in [0, 0.1) is 29.1 Å². The van der Waals surface area contributed by atoms with Gasteiger partial charge in [-0.2, -0.15) is 0 Å². The molecule has 2 unspecified atom stereocenters. The summed E-state index contributed by atoms with van der Waals surface area (Å²) in [5.74, 6) is -11.4. The van der Waals surface area contributed by atoms with E-state index in [4.69, 9.17) is 0 Å². The molecular formula is C13H13F5N2O. The van der Waals surface area contributed by atoms with Crippen LogP contribution < -0.4 is 10.6 Å². The number of carbonyl (C=O) groups is 1. The molecule has 0 radical (unpaired) electrons. The third-order valence-electron chi connectivity index (χ3n) is 3.39. The van der Waals surface area contributed by atoms with Crippen molar-refractivity contribution in [3.8, 4) is 0 Å². The monoisotopic (exact) mass is 308 g/mol. The maximum absolute atomic E-state index is 13.5. The first kappa shape index (κ1) is 15.7. The van der Waals surface area contributed by atoms with Crippen LogP contribution >= 0.6 is 0 Å². The van der Waals surface area contributed by atoms with Crippen molar-refractivity contribution in [3.05, 3.63) is 29.1 Å². The van der Waals surface area contributed by atoms with Gasteiger partial charge in [0, 0.05) is 6.04 Å². The summed E-state index contributed by atoms with van der Waals surface area (Å²) < 4.78 is 65.8. The summed E-state index contributed by atoms with van der Waals surface area (Å²) in [6, 6.07) is -0.699. The summed E-state index contributed by atoms with van der Waals surface area (Å²) in [7, 11) is 0. The van der Waals surface area contributed by atoms with Crippen molar-refractivity contribution in [2.75, 3.05) is 5.32 Å². The fourth-order valence-electron chi connectivity index (χ4n) is 2.27. The lowest BCUT2D eigenvalue weighted by Crippen LogP contribution is -2.47. The average Bonchev–Trinajstić information content (AvgIpc) is 2.47. The Balaban J connectivity index is 2.25. The topological polar surface area (TPSA) is 41.1 Å². The molecule has 1 aliphatic heterocycles. The third kappa shape index (κ3) is 2.99. The number of hydrogen-bond acceptors (Lipinski definition) is 2. The molecule has 1 aliphatic rings. The van der Waals surface area contributed by atoms with Crippen LogP contribution in [-0.4, -0.2) is 18.0 Å². The summed E-state index contributed by atoms with van der Waals surface area (Å²) in [4.78, 5) is 11.9. The van der Waals surface area contributed by atoms with Gasteiger partial charge < -0.3 is 10.6 Å². The van der Waals surface area contributed by atoms with Gasteiger partial charge >= 0.3 is 0 Å². The highest BCUT2D eigenvalue weighted by Gasteiger charge is 2.30. The van der Waals surface area contributed by atoms with Crippen LogP contribution in [0.25, 0.3) is 0 Å². The zero-order valence-electron chi connectivity index (χ0n) is 11.1. The lowest BCUT2D eigenvalue weighted by Gasteiger charge is -2.27. The minimum Gasteiger partial charge on any atom is -0.320 e. The van der Waals surface area contributed by atoms with Gasteiger partial charge in [-0.25, -0.2) is 22.0 Å². The molecule has 1 fully saturated rings. The molecule has 1 aromatic rings. The van der Waals surface area contributed by atoms with Gasteiger partial charge in [-0.3, -0.25) is 4.79 Å². The molecule has 0 aromatic heterocycles. The molecule has 1 saturated heterocycles. The van der Waals surface area contributed by atoms with Crippen molar-refractivity contribution >= 4 is 11.6 Å². The van der Waals surface area contributed by atoms with Gasteiger partial charge in [0.05, 0.1) is 6.04 Å². The maximum Gasteiger partial charge on any atom is 0.241 e. The standard InChI is InChI=1S/C13H13F5N2O/c1-5-3-2-4-6(19-5)13(21)20-12-10(17)8(15)7(14)9(16)11(12)18/h5-6,19H,2-4H2,1H3,(H,20,21). The van der Waals surface area contributed by atoms with Crippen molar-refractivity contribution in [3.63, 3.8) is 0 Å². The predicted octanol–water partition coefficient (Wildman–Crippen LogP) is 2.85. The first-order valence-corrected chi connectivity index (χ1v) is 6.41. The molecule has 21 heavy (non-hydrogen) atoms. The van der Waals surface area contributed by atoms with Crippen molar-refractivity contribution in [2.45, 2.75) is 38.3 Å². The minimum absolute atomic E-state index is 0.0332. The number of nitrogens with one attached hydrogen (secondary N) is 2. The predicted molar refractivity (Wildman–Crippen MR) is 65.1 cm³/mol. The molecule has 0 saturated carbocycles. The van der Waals surface area contributed by atoms with Crippen LogP contribution in [0.5, 0.6) is 0 Å². The van der Waals surface area contributed by atoms with E-state index in [9.17, 15) is 26.7 Å². The fraction of sp³-hybridized carbons (Fsp3) is 0.462. The van der Waals surface area contributed by atoms with Crippen LogP contribution in [0.15, 0.2) is 0 Å². The molecule has 116 valence electrons. The Morgan fingerprint density at radius 2 is 1.52 bits per heavy atom. The van der Waals surface area contributed by atoms with Crippen molar-refractivity contribution in [2.24, 2.45) is 0 Å². The van der Waals surface area contributed by atoms with Gasteiger partial charge in [0.25, 0.3) is 0 Å². The number of carbonyl (C=O) groups excluding carboxylic acids is 1. The molecule has 2 atom stereocenters. The number of piperidine rings is 1. The molecule has 1 aromatic carbocycles. The first-order valence-electron chi connectivity index (χ1n) is 6.41. The molecule has 0 bridgehead atoms. The van der Waals surface area contributed by atoms with E-state index in [-0.39, 0.29) is 6.04 Å². The summed E-state index contributed by atoms with van der Waals surface area (Å²) in [6.07, 6.45) is 1.99. The van der Waals surface area contributed by atoms with E-state index in [0.29, 0.717) is 6.42 Å². The van der Waals surface area contributed by atoms with E-state index in [1.807, 2.05) is 6.92 Å². The number of benzene rings is 1. The van der Waals surface area contributed by atoms with Gasteiger partial charge in [0.15, 0.2) is 23.3 Å². The number of rotatable bonds is 2. The summed E-state index contributed by atoms with van der Waals surface area (Å²) >= 11 is 0. The van der Waals surface area contributed by atoms with Crippen molar-refractivity contribution < 1.29 is 26.7 Å². The van der Waals surface area contributed by atoms with Gasteiger partial charge in [0.2, 0.25) is 11.7 Å². The molecule has 2 N–H and O–H groups in total. The minimum atomic E-state index is -2.26. The first-order chi connectivity index (χ1) is 9.82. The molecule has 8 heteroatoms. The Morgan fingerprint density at radius 3 is 2.05 bits per heavy atom. The summed E-state index contributed by atoms with van der Waals surface area (Å²) in [6.45, 7) is 1.83. The molecule has 0 spiro atoms. The van der Waals surface area contributed by atoms with Gasteiger partial charge in [-0.05, 0) is 26.2 Å². The van der Waals surface area contributed by atoms with Crippen LogP contribution in [0.1, 0.15) is 26.2 Å². The van der Waals surface area contributed by atoms with E-state index in [0.717, 1.165) is 12.8 Å². The highest BCUT2D eigenvalue weighted by molar-refractivity contribution is 5.95. The van der Waals surface area contributed by atoms with Crippen molar-refractivity contribution in [1.82, 2.24) is 5.32 Å². The van der Waals surface area contributed by atoms with E-state index < -0.39 is 46.7 Å². The zero-order chi connectivity index (χ0) is 15.7. The number of amides is 1. The van der Waals surface area contributed by atoms with Gasteiger partial charge in [-0.1, -0.05) is 0 Å². The van der Waals surface area contributed by atoms with Gasteiger partial charge in [0.1, 0.15) is 5.69 Å². The van der Waals surface area contributed by atoms with E-state index in [1.165, 1.54) is 0 Å². The lowest BCUT2D eigenvalue weighted by atomic mass is 9.99. The van der Waals surface area contributed by atoms with Crippen LogP contribution in [-0.2, 0) is 4.79 Å². The molecule has 3 nitrogen and oxygen atoms in total. The highest BCUT2D eigenvalue weighted by Crippen LogP contribution is 2.27. The number of anilines is 1. The molecule has 1 amide bonds. The summed E-state index contributed by atoms with van der Waals surface area (Å²) in [5.41, 5.74) is -1.32. The smallest absolute Gasteiger partial charge is 0.241 e. The highest BCUT2D eigenvalue weighted by atomic mass is 19.2. The molecule has 0 aliphatic carbocycles. The second kappa shape index (κ2) is 5.97. The van der Waals surface area contributed by atoms with E-state index in [2.05, 4.69) is 5.32 Å². The average molecular weight is 308 g/mol. The largest absolute Gasteiger partial charge is 0.320 e. The Morgan fingerprint density at radius 1 is 1.00 bits per heavy atom. The molecular weight excluding hydrogens is 295 g/mol. The number of hydrogen-bond donors (Lipinski definition) is 2. The third-order valence-corrected chi connectivity index (χ3v) is 3.39. The molecule has 1 heterocycles. The zero-order valence-corrected chi connectivity index (χ0v) is 11.1. The normalized spacial score (nSPS) is 22.2.